The molecule has 0 radical (unpaired) electrons. The molecule has 4 aliphatic rings. The average Bonchev–Trinajstić information content (AvgIpc) is 3.54. The van der Waals surface area contributed by atoms with Crippen LogP contribution in [0.2, 0.25) is 0 Å². The van der Waals surface area contributed by atoms with Gasteiger partial charge in [-0.05, 0) is 43.9 Å². The van der Waals surface area contributed by atoms with Gasteiger partial charge in [0.25, 0.3) is 5.91 Å². The second kappa shape index (κ2) is 5.57. The van der Waals surface area contributed by atoms with Crippen molar-refractivity contribution in [3.05, 3.63) is 18.2 Å². The van der Waals surface area contributed by atoms with Crippen LogP contribution in [0.15, 0.2) is 17.7 Å². The summed E-state index contributed by atoms with van der Waals surface area (Å²) in [6, 6.07) is 0.561. The molecule has 1 saturated heterocycles. The SMILES string of the molecule is CC[C@@]1(C)CN(C(=O)c2cn(C3CC3)cn2)CC[C@H]1C1=NOC2(CC2)C1. The predicted molar refractivity (Wildman–Crippen MR) is 98.0 cm³/mol. The van der Waals surface area contributed by atoms with Gasteiger partial charge in [0.15, 0.2) is 0 Å². The molecule has 1 spiro atoms. The standard InChI is InChI=1S/C20H28N4O2/c1-3-19(2)12-23(18(25)17-11-24(13-21-17)14-4-5-14)9-6-15(19)16-10-20(7-8-20)26-22-16/h11,13-15H,3-10,12H2,1-2H3/t15-,19-/m0/s1. The van der Waals surface area contributed by atoms with Gasteiger partial charge in [0.1, 0.15) is 11.3 Å². The summed E-state index contributed by atoms with van der Waals surface area (Å²) in [5.41, 5.74) is 1.92. The molecule has 2 saturated carbocycles. The largest absolute Gasteiger partial charge is 0.389 e. The van der Waals surface area contributed by atoms with Gasteiger partial charge in [-0.15, -0.1) is 0 Å². The minimum absolute atomic E-state index is 0.0482. The summed E-state index contributed by atoms with van der Waals surface area (Å²) in [4.78, 5) is 25.1. The molecule has 5 rings (SSSR count). The highest BCUT2D eigenvalue weighted by atomic mass is 16.7. The van der Waals surface area contributed by atoms with Crippen molar-refractivity contribution in [2.45, 2.75) is 70.4 Å². The highest BCUT2D eigenvalue weighted by Gasteiger charge is 2.54. The van der Waals surface area contributed by atoms with Gasteiger partial charge in [-0.25, -0.2) is 4.98 Å². The van der Waals surface area contributed by atoms with Crippen LogP contribution in [0.4, 0.5) is 0 Å². The second-order valence-corrected chi connectivity index (χ2v) is 9.05. The molecule has 6 heteroatoms. The van der Waals surface area contributed by atoms with Crippen LogP contribution in [0.5, 0.6) is 0 Å². The Morgan fingerprint density at radius 3 is 2.81 bits per heavy atom. The number of likely N-dealkylation sites (tertiary alicyclic amines) is 1. The monoisotopic (exact) mass is 356 g/mol. The zero-order valence-corrected chi connectivity index (χ0v) is 15.8. The minimum Gasteiger partial charge on any atom is -0.389 e. The maximum absolute atomic E-state index is 13.0. The number of piperidine rings is 1. The number of carbonyl (C=O) groups excluding carboxylic acids is 1. The van der Waals surface area contributed by atoms with Crippen molar-refractivity contribution < 1.29 is 9.63 Å². The van der Waals surface area contributed by atoms with E-state index in [2.05, 4.69) is 28.6 Å². The Kier molecular flexibility index (Phi) is 3.50. The first-order chi connectivity index (χ1) is 12.5. The maximum atomic E-state index is 13.0. The van der Waals surface area contributed by atoms with E-state index in [-0.39, 0.29) is 16.9 Å². The van der Waals surface area contributed by atoms with Crippen molar-refractivity contribution in [3.63, 3.8) is 0 Å². The number of nitrogens with zero attached hydrogens (tertiary/aromatic N) is 4. The summed E-state index contributed by atoms with van der Waals surface area (Å²) >= 11 is 0. The lowest BCUT2D eigenvalue weighted by atomic mass is 9.67. The molecule has 1 amide bonds. The first-order valence-corrected chi connectivity index (χ1v) is 10.1. The molecule has 140 valence electrons. The molecule has 1 aromatic heterocycles. The van der Waals surface area contributed by atoms with E-state index in [1.165, 1.54) is 18.6 Å². The normalized spacial score (nSPS) is 32.5. The molecule has 6 nitrogen and oxygen atoms in total. The Morgan fingerprint density at radius 2 is 2.15 bits per heavy atom. The second-order valence-electron chi connectivity index (χ2n) is 9.05. The topological polar surface area (TPSA) is 59.7 Å². The van der Waals surface area contributed by atoms with Crippen LogP contribution in [0.25, 0.3) is 0 Å². The summed E-state index contributed by atoms with van der Waals surface area (Å²) in [7, 11) is 0. The van der Waals surface area contributed by atoms with Gasteiger partial charge >= 0.3 is 0 Å². The molecule has 0 aromatic carbocycles. The predicted octanol–water partition coefficient (Wildman–Crippen LogP) is 3.41. The van der Waals surface area contributed by atoms with Gasteiger partial charge in [0.2, 0.25) is 0 Å². The summed E-state index contributed by atoms with van der Waals surface area (Å²) < 4.78 is 2.10. The Balaban J connectivity index is 1.31. The number of amides is 1. The van der Waals surface area contributed by atoms with E-state index >= 15 is 0 Å². The Morgan fingerprint density at radius 1 is 1.35 bits per heavy atom. The van der Waals surface area contributed by atoms with Crippen molar-refractivity contribution >= 4 is 11.6 Å². The van der Waals surface area contributed by atoms with Crippen LogP contribution in [0, 0.1) is 11.3 Å². The van der Waals surface area contributed by atoms with E-state index in [0.29, 0.717) is 17.7 Å². The summed E-state index contributed by atoms with van der Waals surface area (Å²) in [5, 5.41) is 4.47. The van der Waals surface area contributed by atoms with Gasteiger partial charge in [-0.2, -0.15) is 0 Å². The van der Waals surface area contributed by atoms with E-state index in [0.717, 1.165) is 45.2 Å². The molecule has 26 heavy (non-hydrogen) atoms. The lowest BCUT2D eigenvalue weighted by Crippen LogP contribution is -2.51. The quantitative estimate of drug-likeness (QED) is 0.831. The first kappa shape index (κ1) is 16.3. The van der Waals surface area contributed by atoms with Gasteiger partial charge in [0, 0.05) is 37.7 Å². The minimum atomic E-state index is 0.0482. The molecule has 0 N–H and O–H groups in total. The first-order valence-electron chi connectivity index (χ1n) is 10.1. The molecular weight excluding hydrogens is 328 g/mol. The fourth-order valence-electron chi connectivity index (χ4n) is 4.68. The lowest BCUT2D eigenvalue weighted by Gasteiger charge is -2.45. The van der Waals surface area contributed by atoms with E-state index in [9.17, 15) is 4.79 Å². The van der Waals surface area contributed by atoms with Crippen LogP contribution in [-0.4, -0.2) is 44.8 Å². The third-order valence-corrected chi connectivity index (χ3v) is 7.03. The number of carbonyl (C=O) groups is 1. The number of imidazole rings is 1. The highest BCUT2D eigenvalue weighted by Crippen LogP contribution is 2.50. The van der Waals surface area contributed by atoms with E-state index < -0.39 is 0 Å². The van der Waals surface area contributed by atoms with Crippen molar-refractivity contribution in [1.82, 2.24) is 14.5 Å². The van der Waals surface area contributed by atoms with Crippen molar-refractivity contribution in [2.75, 3.05) is 13.1 Å². The third kappa shape index (κ3) is 2.65. The van der Waals surface area contributed by atoms with Crippen LogP contribution in [0.3, 0.4) is 0 Å². The van der Waals surface area contributed by atoms with Crippen molar-refractivity contribution in [2.24, 2.45) is 16.5 Å². The molecule has 2 aliphatic heterocycles. The van der Waals surface area contributed by atoms with Crippen molar-refractivity contribution in [1.29, 1.82) is 0 Å². The van der Waals surface area contributed by atoms with Gasteiger partial charge in [0.05, 0.1) is 12.0 Å². The van der Waals surface area contributed by atoms with Gasteiger partial charge < -0.3 is 14.3 Å². The third-order valence-electron chi connectivity index (χ3n) is 7.03. The fraction of sp³-hybridized carbons (Fsp3) is 0.750. The summed E-state index contributed by atoms with van der Waals surface area (Å²) in [5.74, 6) is 0.492. The highest BCUT2D eigenvalue weighted by molar-refractivity contribution is 5.93. The van der Waals surface area contributed by atoms with Crippen molar-refractivity contribution in [3.8, 4) is 0 Å². The lowest BCUT2D eigenvalue weighted by molar-refractivity contribution is 0.0436. The number of aromatic nitrogens is 2. The van der Waals surface area contributed by atoms with Gasteiger partial charge in [-0.3, -0.25) is 4.79 Å². The number of rotatable bonds is 4. The summed E-state index contributed by atoms with van der Waals surface area (Å²) in [6.45, 7) is 6.09. The zero-order valence-electron chi connectivity index (χ0n) is 15.8. The Hall–Kier alpha value is -1.85. The van der Waals surface area contributed by atoms with E-state index in [4.69, 9.17) is 4.84 Å². The molecular formula is C20H28N4O2. The number of oxime groups is 1. The molecule has 2 atom stereocenters. The number of hydrogen-bond donors (Lipinski definition) is 0. The average molecular weight is 356 g/mol. The fourth-order valence-corrected chi connectivity index (χ4v) is 4.68. The number of hydrogen-bond acceptors (Lipinski definition) is 4. The smallest absolute Gasteiger partial charge is 0.274 e. The Labute approximate surface area is 154 Å². The van der Waals surface area contributed by atoms with Crippen LogP contribution in [-0.2, 0) is 4.84 Å². The van der Waals surface area contributed by atoms with Crippen LogP contribution >= 0.6 is 0 Å². The molecule has 0 bridgehead atoms. The zero-order chi connectivity index (χ0) is 17.9. The molecule has 3 heterocycles. The van der Waals surface area contributed by atoms with Gasteiger partial charge in [-0.1, -0.05) is 19.0 Å². The van der Waals surface area contributed by atoms with Crippen LogP contribution < -0.4 is 0 Å². The van der Waals surface area contributed by atoms with Crippen LogP contribution in [0.1, 0.15) is 75.3 Å². The van der Waals surface area contributed by atoms with E-state index in [1.807, 2.05) is 17.4 Å². The molecule has 3 fully saturated rings. The summed E-state index contributed by atoms with van der Waals surface area (Å²) in [6.07, 6.45) is 11.4. The van der Waals surface area contributed by atoms with E-state index in [1.54, 1.807) is 0 Å². The molecule has 2 aliphatic carbocycles. The maximum Gasteiger partial charge on any atom is 0.274 e. The molecule has 0 unspecified atom stereocenters. The molecule has 1 aromatic rings. The Bertz CT molecular complexity index is 762.